The molecule has 0 amide bonds. The average Bonchev–Trinajstić information content (AvgIpc) is 2.43. The standard InChI is InChI=1S/C17H20FI/c1-2-3-13-4-6-14(7-5-13)16-9-8-15(10-11-19)17(18)12-16/h8-9,12-14H,2-7H2,1H3. The third kappa shape index (κ3) is 3.95. The molecule has 0 N–H and O–H groups in total. The molecule has 0 aliphatic heterocycles. The van der Waals surface area contributed by atoms with Gasteiger partial charge in [-0.05, 0) is 59.1 Å². The summed E-state index contributed by atoms with van der Waals surface area (Å²) >= 11 is 1.94. The third-order valence-electron chi connectivity index (χ3n) is 4.19. The lowest BCUT2D eigenvalue weighted by Crippen LogP contribution is -2.13. The van der Waals surface area contributed by atoms with Crippen LogP contribution in [0.3, 0.4) is 0 Å². The second kappa shape index (κ2) is 7.28. The van der Waals surface area contributed by atoms with E-state index in [0.29, 0.717) is 11.5 Å². The van der Waals surface area contributed by atoms with Gasteiger partial charge in [-0.15, -0.1) is 0 Å². The molecule has 0 saturated heterocycles. The van der Waals surface area contributed by atoms with Gasteiger partial charge in [0.15, 0.2) is 0 Å². The van der Waals surface area contributed by atoms with Crippen molar-refractivity contribution in [3.63, 3.8) is 0 Å². The molecule has 0 heterocycles. The van der Waals surface area contributed by atoms with E-state index in [2.05, 4.69) is 22.8 Å². The molecule has 19 heavy (non-hydrogen) atoms. The highest BCUT2D eigenvalue weighted by Gasteiger charge is 2.22. The first-order valence-electron chi connectivity index (χ1n) is 7.15. The van der Waals surface area contributed by atoms with Gasteiger partial charge in [0, 0.05) is 22.6 Å². The molecule has 1 fully saturated rings. The summed E-state index contributed by atoms with van der Waals surface area (Å²) in [6.45, 7) is 2.26. The molecule has 102 valence electrons. The molecule has 2 heteroatoms. The van der Waals surface area contributed by atoms with Gasteiger partial charge in [-0.25, -0.2) is 4.39 Å². The third-order valence-corrected chi connectivity index (χ3v) is 4.46. The molecule has 0 unspecified atom stereocenters. The van der Waals surface area contributed by atoms with Gasteiger partial charge in [0.2, 0.25) is 0 Å². The summed E-state index contributed by atoms with van der Waals surface area (Å²) in [4.78, 5) is 0. The zero-order valence-electron chi connectivity index (χ0n) is 11.4. The van der Waals surface area contributed by atoms with Crippen LogP contribution in [0.2, 0.25) is 0 Å². The van der Waals surface area contributed by atoms with Crippen molar-refractivity contribution in [1.82, 2.24) is 0 Å². The lowest BCUT2D eigenvalue weighted by molar-refractivity contribution is 0.308. The second-order valence-electron chi connectivity index (χ2n) is 5.47. The molecule has 1 aromatic rings. The summed E-state index contributed by atoms with van der Waals surface area (Å²) in [5, 5.41) is 0. The van der Waals surface area contributed by atoms with Crippen molar-refractivity contribution in [2.75, 3.05) is 0 Å². The van der Waals surface area contributed by atoms with Crippen LogP contribution in [0.5, 0.6) is 0 Å². The van der Waals surface area contributed by atoms with Gasteiger partial charge in [0.1, 0.15) is 5.82 Å². The van der Waals surface area contributed by atoms with Crippen LogP contribution in [-0.2, 0) is 0 Å². The lowest BCUT2D eigenvalue weighted by atomic mass is 9.77. The lowest BCUT2D eigenvalue weighted by Gasteiger charge is -2.28. The SMILES string of the molecule is CCCC1CCC(c2ccc(C#CI)c(F)c2)CC1. The molecule has 1 saturated carbocycles. The molecule has 0 atom stereocenters. The molecule has 1 aliphatic carbocycles. The van der Waals surface area contributed by atoms with E-state index < -0.39 is 0 Å². The Morgan fingerprint density at radius 2 is 2.00 bits per heavy atom. The van der Waals surface area contributed by atoms with E-state index >= 15 is 0 Å². The summed E-state index contributed by atoms with van der Waals surface area (Å²) in [6, 6.07) is 5.58. The van der Waals surface area contributed by atoms with Crippen molar-refractivity contribution < 1.29 is 4.39 Å². The number of hydrogen-bond acceptors (Lipinski definition) is 0. The van der Waals surface area contributed by atoms with Crippen molar-refractivity contribution in [1.29, 1.82) is 0 Å². The van der Waals surface area contributed by atoms with Gasteiger partial charge < -0.3 is 0 Å². The Morgan fingerprint density at radius 3 is 2.58 bits per heavy atom. The van der Waals surface area contributed by atoms with Crippen LogP contribution < -0.4 is 0 Å². The highest BCUT2D eigenvalue weighted by molar-refractivity contribution is 14.1. The normalized spacial score (nSPS) is 22.7. The van der Waals surface area contributed by atoms with Gasteiger partial charge in [-0.1, -0.05) is 31.8 Å². The minimum absolute atomic E-state index is 0.169. The maximum absolute atomic E-state index is 13.9. The number of rotatable bonds is 3. The predicted molar refractivity (Wildman–Crippen MR) is 86.9 cm³/mol. The van der Waals surface area contributed by atoms with E-state index in [1.807, 2.05) is 28.7 Å². The summed E-state index contributed by atoms with van der Waals surface area (Å²) < 4.78 is 16.6. The Kier molecular flexibility index (Phi) is 5.69. The van der Waals surface area contributed by atoms with Crippen LogP contribution in [0.4, 0.5) is 4.39 Å². The van der Waals surface area contributed by atoms with E-state index in [-0.39, 0.29) is 5.82 Å². The fourth-order valence-corrected chi connectivity index (χ4v) is 3.42. The Bertz CT molecular complexity index is 476. The van der Waals surface area contributed by atoms with Gasteiger partial charge >= 0.3 is 0 Å². The van der Waals surface area contributed by atoms with Crippen LogP contribution in [0.25, 0.3) is 0 Å². The molecule has 1 aliphatic rings. The van der Waals surface area contributed by atoms with E-state index in [1.54, 1.807) is 6.07 Å². The zero-order chi connectivity index (χ0) is 13.7. The van der Waals surface area contributed by atoms with Crippen LogP contribution in [0, 0.1) is 21.6 Å². The summed E-state index contributed by atoms with van der Waals surface area (Å²) in [7, 11) is 0. The van der Waals surface area contributed by atoms with E-state index in [0.717, 1.165) is 11.5 Å². The van der Waals surface area contributed by atoms with Gasteiger partial charge in [0.05, 0.1) is 5.56 Å². The van der Waals surface area contributed by atoms with Crippen molar-refractivity contribution in [2.24, 2.45) is 5.92 Å². The second-order valence-corrected chi connectivity index (χ2v) is 6.00. The monoisotopic (exact) mass is 370 g/mol. The van der Waals surface area contributed by atoms with Crippen molar-refractivity contribution in [3.05, 3.63) is 35.1 Å². The highest BCUT2D eigenvalue weighted by Crippen LogP contribution is 2.37. The summed E-state index contributed by atoms with van der Waals surface area (Å²) in [5.74, 6) is 4.07. The first kappa shape index (κ1) is 14.8. The molecule has 1 aromatic carbocycles. The Balaban J connectivity index is 2.03. The average molecular weight is 370 g/mol. The van der Waals surface area contributed by atoms with Gasteiger partial charge in [-0.2, -0.15) is 0 Å². The Labute approximate surface area is 129 Å². The highest BCUT2D eigenvalue weighted by atomic mass is 127. The Hall–Kier alpha value is -0.560. The maximum atomic E-state index is 13.9. The largest absolute Gasteiger partial charge is 0.206 e. The smallest absolute Gasteiger partial charge is 0.139 e. The fourth-order valence-electron chi connectivity index (χ4n) is 3.13. The first-order valence-corrected chi connectivity index (χ1v) is 8.23. The predicted octanol–water partition coefficient (Wildman–Crippen LogP) is 5.64. The van der Waals surface area contributed by atoms with Gasteiger partial charge in [0.25, 0.3) is 0 Å². The van der Waals surface area contributed by atoms with E-state index in [9.17, 15) is 4.39 Å². The van der Waals surface area contributed by atoms with Crippen LogP contribution in [0.15, 0.2) is 18.2 Å². The summed E-state index contributed by atoms with van der Waals surface area (Å²) in [6.07, 6.45) is 7.66. The molecule has 0 radical (unpaired) electrons. The molecule has 0 aromatic heterocycles. The minimum atomic E-state index is -0.169. The molecular formula is C17H20FI. The van der Waals surface area contributed by atoms with Crippen LogP contribution in [-0.4, -0.2) is 0 Å². The van der Waals surface area contributed by atoms with Gasteiger partial charge in [-0.3, -0.25) is 0 Å². The first-order chi connectivity index (χ1) is 9.24. The van der Waals surface area contributed by atoms with E-state index in [4.69, 9.17) is 0 Å². The molecule has 0 bridgehead atoms. The number of hydrogen-bond donors (Lipinski definition) is 0. The van der Waals surface area contributed by atoms with Crippen molar-refractivity contribution >= 4 is 22.6 Å². The van der Waals surface area contributed by atoms with E-state index in [1.165, 1.54) is 38.5 Å². The Morgan fingerprint density at radius 1 is 1.26 bits per heavy atom. The molecule has 0 spiro atoms. The molecule has 0 nitrogen and oxygen atoms in total. The zero-order valence-corrected chi connectivity index (χ0v) is 13.5. The topological polar surface area (TPSA) is 0 Å². The number of benzene rings is 1. The summed E-state index contributed by atoms with van der Waals surface area (Å²) in [5.41, 5.74) is 1.67. The molecule has 2 rings (SSSR count). The van der Waals surface area contributed by atoms with Crippen molar-refractivity contribution in [2.45, 2.75) is 51.4 Å². The quantitative estimate of drug-likeness (QED) is 0.477. The van der Waals surface area contributed by atoms with Crippen LogP contribution >= 0.6 is 22.6 Å². The maximum Gasteiger partial charge on any atom is 0.139 e. The molecular weight excluding hydrogens is 350 g/mol. The number of halogens is 2. The minimum Gasteiger partial charge on any atom is -0.206 e. The van der Waals surface area contributed by atoms with Crippen molar-refractivity contribution in [3.8, 4) is 9.85 Å². The fraction of sp³-hybridized carbons (Fsp3) is 0.529. The van der Waals surface area contributed by atoms with Crippen LogP contribution in [0.1, 0.15) is 62.5 Å².